The van der Waals surface area contributed by atoms with Crippen molar-refractivity contribution >= 4 is 38.9 Å². The van der Waals surface area contributed by atoms with E-state index >= 15 is 0 Å². The topological polar surface area (TPSA) is 8.17 Å². The number of anilines is 3. The summed E-state index contributed by atoms with van der Waals surface area (Å²) in [6.07, 6.45) is 0. The molecule has 2 nitrogen and oxygen atoms in total. The predicted molar refractivity (Wildman–Crippen MR) is 289 cm³/mol. The first-order valence-electron chi connectivity index (χ1n) is 23.8. The van der Waals surface area contributed by atoms with E-state index in [2.05, 4.69) is 289 Å². The fourth-order valence-corrected chi connectivity index (χ4v) is 11.2. The number of aromatic nitrogens is 1. The first kappa shape index (κ1) is 40.3. The molecule has 1 heterocycles. The van der Waals surface area contributed by atoms with Crippen molar-refractivity contribution in [3.8, 4) is 50.2 Å². The molecule has 13 rings (SSSR count). The largest absolute Gasteiger partial charge is 0.311 e. The van der Waals surface area contributed by atoms with Crippen LogP contribution < -0.4 is 4.90 Å². The first-order chi connectivity index (χ1) is 34.2. The number of rotatable bonds is 9. The van der Waals surface area contributed by atoms with Crippen molar-refractivity contribution in [1.29, 1.82) is 0 Å². The van der Waals surface area contributed by atoms with Gasteiger partial charge in [-0.1, -0.05) is 218 Å². The van der Waals surface area contributed by atoms with E-state index in [-0.39, 0.29) is 0 Å². The van der Waals surface area contributed by atoms with Gasteiger partial charge in [0.15, 0.2) is 0 Å². The zero-order valence-corrected chi connectivity index (χ0v) is 38.0. The molecule has 69 heavy (non-hydrogen) atoms. The minimum absolute atomic E-state index is 0.448. The maximum absolute atomic E-state index is 2.48. The molecule has 1 aromatic heterocycles. The lowest BCUT2D eigenvalue weighted by Gasteiger charge is -2.33. The lowest BCUT2D eigenvalue weighted by Crippen LogP contribution is -2.28. The average Bonchev–Trinajstić information content (AvgIpc) is 3.92. The predicted octanol–water partition coefficient (Wildman–Crippen LogP) is 17.6. The minimum Gasteiger partial charge on any atom is -0.311 e. The van der Waals surface area contributed by atoms with Gasteiger partial charge in [0.1, 0.15) is 0 Å². The van der Waals surface area contributed by atoms with Crippen LogP contribution in [0.4, 0.5) is 17.1 Å². The first-order valence-corrected chi connectivity index (χ1v) is 23.8. The van der Waals surface area contributed by atoms with Crippen LogP contribution >= 0.6 is 0 Å². The second kappa shape index (κ2) is 16.7. The number of hydrogen-bond acceptors (Lipinski definition) is 1. The fraction of sp³-hybridized carbons (Fsp3) is 0.0149. The summed E-state index contributed by atoms with van der Waals surface area (Å²) in [5, 5.41) is 2.47. The van der Waals surface area contributed by atoms with Gasteiger partial charge in [0.2, 0.25) is 0 Å². The van der Waals surface area contributed by atoms with E-state index < -0.39 is 5.41 Å². The molecule has 0 amide bonds. The van der Waals surface area contributed by atoms with Crippen LogP contribution in [-0.2, 0) is 5.41 Å². The van der Waals surface area contributed by atoms with Crippen molar-refractivity contribution in [3.05, 3.63) is 301 Å². The van der Waals surface area contributed by atoms with Crippen LogP contribution in [0, 0.1) is 0 Å². The van der Waals surface area contributed by atoms with E-state index in [9.17, 15) is 0 Å². The number of benzene rings is 11. The summed E-state index contributed by atoms with van der Waals surface area (Å²) in [4.78, 5) is 2.33. The van der Waals surface area contributed by atoms with Gasteiger partial charge in [-0.2, -0.15) is 0 Å². The van der Waals surface area contributed by atoms with Gasteiger partial charge in [-0.05, 0) is 127 Å². The van der Waals surface area contributed by atoms with Gasteiger partial charge in [0.05, 0.1) is 16.4 Å². The van der Waals surface area contributed by atoms with Crippen LogP contribution in [-0.4, -0.2) is 4.57 Å². The molecule has 1 aliphatic carbocycles. The Kier molecular flexibility index (Phi) is 9.77. The van der Waals surface area contributed by atoms with Crippen molar-refractivity contribution in [2.24, 2.45) is 0 Å². The highest BCUT2D eigenvalue weighted by molar-refractivity contribution is 6.10. The fourth-order valence-electron chi connectivity index (χ4n) is 11.2. The van der Waals surface area contributed by atoms with E-state index in [0.29, 0.717) is 0 Å². The quantitative estimate of drug-likeness (QED) is 0.140. The van der Waals surface area contributed by atoms with Gasteiger partial charge in [-0.25, -0.2) is 0 Å². The third kappa shape index (κ3) is 6.64. The van der Waals surface area contributed by atoms with Crippen molar-refractivity contribution in [2.75, 3.05) is 4.90 Å². The van der Waals surface area contributed by atoms with Gasteiger partial charge in [-0.3, -0.25) is 0 Å². The van der Waals surface area contributed by atoms with Crippen LogP contribution in [0.2, 0.25) is 0 Å². The van der Waals surface area contributed by atoms with Crippen LogP contribution in [0.1, 0.15) is 22.3 Å². The molecule has 0 unspecified atom stereocenters. The Morgan fingerprint density at radius 1 is 0.275 bits per heavy atom. The summed E-state index contributed by atoms with van der Waals surface area (Å²) in [6, 6.07) is 102. The van der Waals surface area contributed by atoms with Crippen LogP contribution in [0.5, 0.6) is 0 Å². The summed E-state index contributed by atoms with van der Waals surface area (Å²) in [5.41, 5.74) is 21.2. The monoisotopic (exact) mass is 878 g/mol. The number of hydrogen-bond donors (Lipinski definition) is 0. The highest BCUT2D eigenvalue weighted by Gasteiger charge is 2.46. The molecule has 0 N–H and O–H groups in total. The average molecular weight is 879 g/mol. The third-order valence-electron chi connectivity index (χ3n) is 14.3. The molecule has 0 bridgehead atoms. The SMILES string of the molecule is c1ccc(-c2ccc(N(c3ccccc3)c3ccc(-c4ccccc4-c4ccc5c6ccccc6n(-c6ccc7c(c6)-c6ccccc6C7(c6ccccc6)c6ccccc6)c5c4)cc3)cc2)cc1. The molecular formula is C67H46N2. The molecule has 0 saturated carbocycles. The maximum atomic E-state index is 2.48. The number of nitrogens with zero attached hydrogens (tertiary/aromatic N) is 2. The van der Waals surface area contributed by atoms with Crippen molar-refractivity contribution in [1.82, 2.24) is 4.57 Å². The van der Waals surface area contributed by atoms with Crippen LogP contribution in [0.15, 0.2) is 279 Å². The molecular weight excluding hydrogens is 833 g/mol. The minimum atomic E-state index is -0.448. The molecule has 0 atom stereocenters. The maximum Gasteiger partial charge on any atom is 0.0713 e. The van der Waals surface area contributed by atoms with Gasteiger partial charge >= 0.3 is 0 Å². The highest BCUT2D eigenvalue weighted by atomic mass is 15.1. The summed E-state index contributed by atoms with van der Waals surface area (Å²) >= 11 is 0. The normalized spacial score (nSPS) is 12.5. The summed E-state index contributed by atoms with van der Waals surface area (Å²) in [7, 11) is 0. The smallest absolute Gasteiger partial charge is 0.0713 e. The zero-order valence-electron chi connectivity index (χ0n) is 38.0. The molecule has 324 valence electrons. The molecule has 0 aliphatic heterocycles. The van der Waals surface area contributed by atoms with E-state index in [1.54, 1.807) is 0 Å². The van der Waals surface area contributed by atoms with Gasteiger partial charge < -0.3 is 9.47 Å². The molecule has 0 saturated heterocycles. The van der Waals surface area contributed by atoms with Crippen LogP contribution in [0.25, 0.3) is 72.0 Å². The Labute approximate surface area is 403 Å². The van der Waals surface area contributed by atoms with Gasteiger partial charge in [0, 0.05) is 33.5 Å². The Balaban J connectivity index is 0.916. The molecule has 11 aromatic carbocycles. The zero-order chi connectivity index (χ0) is 45.7. The lowest BCUT2D eigenvalue weighted by atomic mass is 9.68. The second-order valence-electron chi connectivity index (χ2n) is 18.0. The van der Waals surface area contributed by atoms with Crippen molar-refractivity contribution in [2.45, 2.75) is 5.41 Å². The molecule has 0 spiro atoms. The summed E-state index contributed by atoms with van der Waals surface area (Å²) in [6.45, 7) is 0. The van der Waals surface area contributed by atoms with E-state index in [4.69, 9.17) is 0 Å². The molecule has 2 heteroatoms. The number of para-hydroxylation sites is 2. The van der Waals surface area contributed by atoms with Gasteiger partial charge in [0.25, 0.3) is 0 Å². The highest BCUT2D eigenvalue weighted by Crippen LogP contribution is 2.56. The van der Waals surface area contributed by atoms with Crippen molar-refractivity contribution < 1.29 is 0 Å². The Morgan fingerprint density at radius 2 is 0.739 bits per heavy atom. The van der Waals surface area contributed by atoms with Crippen LogP contribution in [0.3, 0.4) is 0 Å². The van der Waals surface area contributed by atoms with E-state index in [0.717, 1.165) is 22.7 Å². The third-order valence-corrected chi connectivity index (χ3v) is 14.3. The standard InChI is InChI=1S/C67H46N2/c1-5-19-47(20-6-1)48-33-38-54(39-34-48)68(53-25-11-4-12-26-53)55-40-35-49(36-41-55)57-27-13-14-28-58(57)50-37-43-61-60-30-16-18-32-65(60)69(66(61)45-50)56-42-44-64-62(46-56)59-29-15-17-31-63(59)67(64,51-21-7-2-8-22-51)52-23-9-3-10-24-52/h1-46H. The Morgan fingerprint density at radius 3 is 1.41 bits per heavy atom. The number of fused-ring (bicyclic) bond motifs is 6. The summed E-state index contributed by atoms with van der Waals surface area (Å²) < 4.78 is 2.48. The molecule has 0 fully saturated rings. The Bertz CT molecular complexity index is 3760. The second-order valence-corrected chi connectivity index (χ2v) is 18.0. The van der Waals surface area contributed by atoms with E-state index in [1.807, 2.05) is 0 Å². The lowest BCUT2D eigenvalue weighted by molar-refractivity contribution is 0.768. The van der Waals surface area contributed by atoms with Crippen molar-refractivity contribution in [3.63, 3.8) is 0 Å². The molecule has 0 radical (unpaired) electrons. The molecule has 1 aliphatic rings. The van der Waals surface area contributed by atoms with Gasteiger partial charge in [-0.15, -0.1) is 0 Å². The molecule has 12 aromatic rings. The Hall–Kier alpha value is -8.98. The summed E-state index contributed by atoms with van der Waals surface area (Å²) in [5.74, 6) is 0. The van der Waals surface area contributed by atoms with E-state index in [1.165, 1.54) is 88.6 Å².